The molecule has 0 saturated carbocycles. The van der Waals surface area contributed by atoms with Gasteiger partial charge >= 0.3 is 0 Å². The minimum absolute atomic E-state index is 0.0828. The molecule has 0 amide bonds. The van der Waals surface area contributed by atoms with Gasteiger partial charge in [-0.3, -0.25) is 0 Å². The van der Waals surface area contributed by atoms with E-state index in [2.05, 4.69) is 21.2 Å². The van der Waals surface area contributed by atoms with Gasteiger partial charge in [0.05, 0.1) is 6.04 Å². The molecule has 1 atom stereocenters. The molecule has 1 unspecified atom stereocenters. The van der Waals surface area contributed by atoms with Gasteiger partial charge in [-0.2, -0.15) is 0 Å². The van der Waals surface area contributed by atoms with Crippen molar-refractivity contribution >= 4 is 27.3 Å². The van der Waals surface area contributed by atoms with Crippen molar-refractivity contribution in [1.82, 2.24) is 5.32 Å². The molecule has 0 radical (unpaired) electrons. The maximum Gasteiger partial charge on any atom is 0.132 e. The maximum absolute atomic E-state index is 14.2. The first-order chi connectivity index (χ1) is 9.52. The number of nitrogens with one attached hydrogen (secondary N) is 1. The molecule has 1 heterocycles. The number of benzene rings is 1. The van der Waals surface area contributed by atoms with Crippen molar-refractivity contribution in [2.24, 2.45) is 0 Å². The SMILES string of the molecule is CCCNC(c1csc(C)c1)c1c(F)cc(Br)cc1F. The summed E-state index contributed by atoms with van der Waals surface area (Å²) in [5.41, 5.74) is 0.987. The predicted octanol–water partition coefficient (Wildman–Crippen LogP) is 5.19. The largest absolute Gasteiger partial charge is 0.306 e. The normalized spacial score (nSPS) is 12.7. The van der Waals surface area contributed by atoms with Crippen LogP contribution in [0.1, 0.15) is 35.4 Å². The van der Waals surface area contributed by atoms with E-state index < -0.39 is 17.7 Å². The van der Waals surface area contributed by atoms with Crippen LogP contribution in [-0.2, 0) is 0 Å². The van der Waals surface area contributed by atoms with Gasteiger partial charge in [0, 0.05) is 14.9 Å². The lowest BCUT2D eigenvalue weighted by molar-refractivity contribution is 0.502. The van der Waals surface area contributed by atoms with Crippen LogP contribution in [-0.4, -0.2) is 6.54 Å². The van der Waals surface area contributed by atoms with Crippen molar-refractivity contribution in [3.63, 3.8) is 0 Å². The summed E-state index contributed by atoms with van der Waals surface area (Å²) in [7, 11) is 0. The molecule has 0 fully saturated rings. The maximum atomic E-state index is 14.2. The molecule has 108 valence electrons. The highest BCUT2D eigenvalue weighted by molar-refractivity contribution is 9.10. The summed E-state index contributed by atoms with van der Waals surface area (Å²) in [6.07, 6.45) is 0.902. The lowest BCUT2D eigenvalue weighted by atomic mass is 9.99. The number of halogens is 3. The van der Waals surface area contributed by atoms with Crippen LogP contribution in [0.3, 0.4) is 0 Å². The average Bonchev–Trinajstić information content (AvgIpc) is 2.78. The number of hydrogen-bond donors (Lipinski definition) is 1. The van der Waals surface area contributed by atoms with Crippen molar-refractivity contribution in [2.75, 3.05) is 6.54 Å². The van der Waals surface area contributed by atoms with Crippen LogP contribution in [0.25, 0.3) is 0 Å². The Morgan fingerprint density at radius 3 is 2.40 bits per heavy atom. The molecule has 1 aromatic carbocycles. The van der Waals surface area contributed by atoms with Crippen LogP contribution in [0.4, 0.5) is 8.78 Å². The molecule has 20 heavy (non-hydrogen) atoms. The summed E-state index contributed by atoms with van der Waals surface area (Å²) in [5, 5.41) is 5.18. The molecule has 1 nitrogen and oxygen atoms in total. The monoisotopic (exact) mass is 359 g/mol. The van der Waals surface area contributed by atoms with E-state index in [1.807, 2.05) is 25.3 Å². The second-order valence-corrected chi connectivity index (χ2v) is 6.69. The molecule has 2 aromatic rings. The van der Waals surface area contributed by atoms with Gasteiger partial charge in [-0.25, -0.2) is 8.78 Å². The number of rotatable bonds is 5. The fourth-order valence-electron chi connectivity index (χ4n) is 2.12. The number of aryl methyl sites for hydroxylation is 1. The van der Waals surface area contributed by atoms with Gasteiger partial charge in [0.15, 0.2) is 0 Å². The summed E-state index contributed by atoms with van der Waals surface area (Å²) < 4.78 is 28.8. The second-order valence-electron chi connectivity index (χ2n) is 4.66. The minimum atomic E-state index is -0.533. The minimum Gasteiger partial charge on any atom is -0.306 e. The molecular weight excluding hydrogens is 344 g/mol. The first-order valence-corrected chi connectivity index (χ1v) is 8.13. The van der Waals surface area contributed by atoms with E-state index in [1.165, 1.54) is 12.1 Å². The van der Waals surface area contributed by atoms with Crippen LogP contribution in [0.2, 0.25) is 0 Å². The van der Waals surface area contributed by atoms with Gasteiger partial charge in [-0.15, -0.1) is 11.3 Å². The van der Waals surface area contributed by atoms with Crippen molar-refractivity contribution in [3.8, 4) is 0 Å². The summed E-state index contributed by atoms with van der Waals surface area (Å²) >= 11 is 4.69. The fraction of sp³-hybridized carbons (Fsp3) is 0.333. The van der Waals surface area contributed by atoms with Crippen LogP contribution >= 0.6 is 27.3 Å². The Bertz CT molecular complexity index is 574. The van der Waals surface area contributed by atoms with Gasteiger partial charge in [-0.1, -0.05) is 22.9 Å². The van der Waals surface area contributed by atoms with E-state index in [1.54, 1.807) is 11.3 Å². The smallest absolute Gasteiger partial charge is 0.132 e. The van der Waals surface area contributed by atoms with Gasteiger partial charge in [-0.05, 0) is 49.0 Å². The zero-order valence-electron chi connectivity index (χ0n) is 11.3. The number of thiophene rings is 1. The molecule has 0 saturated heterocycles. The topological polar surface area (TPSA) is 12.0 Å². The van der Waals surface area contributed by atoms with Crippen LogP contribution in [0.15, 0.2) is 28.1 Å². The molecule has 5 heteroatoms. The first kappa shape index (κ1) is 15.6. The summed E-state index contributed by atoms with van der Waals surface area (Å²) in [6.45, 7) is 4.71. The standard InChI is InChI=1S/C15H16BrF2NS/c1-3-4-19-15(10-5-9(2)20-8-10)14-12(17)6-11(16)7-13(14)18/h5-8,15,19H,3-4H2,1-2H3. The highest BCUT2D eigenvalue weighted by Crippen LogP contribution is 2.31. The van der Waals surface area contributed by atoms with Gasteiger partial charge in [0.25, 0.3) is 0 Å². The predicted molar refractivity (Wildman–Crippen MR) is 83.3 cm³/mol. The lowest BCUT2D eigenvalue weighted by Gasteiger charge is -2.19. The molecular formula is C15H16BrF2NS. The highest BCUT2D eigenvalue weighted by Gasteiger charge is 2.22. The molecule has 1 aromatic heterocycles. The van der Waals surface area contributed by atoms with E-state index in [0.717, 1.165) is 16.9 Å². The Morgan fingerprint density at radius 2 is 1.90 bits per heavy atom. The van der Waals surface area contributed by atoms with Gasteiger partial charge in [0.2, 0.25) is 0 Å². The summed E-state index contributed by atoms with van der Waals surface area (Å²) in [5.74, 6) is -1.07. The van der Waals surface area contributed by atoms with E-state index in [0.29, 0.717) is 11.0 Å². The van der Waals surface area contributed by atoms with Crippen molar-refractivity contribution in [1.29, 1.82) is 0 Å². The summed E-state index contributed by atoms with van der Waals surface area (Å²) in [4.78, 5) is 1.13. The molecule has 0 bridgehead atoms. The van der Waals surface area contributed by atoms with Crippen molar-refractivity contribution in [2.45, 2.75) is 26.3 Å². The zero-order chi connectivity index (χ0) is 14.7. The van der Waals surface area contributed by atoms with Crippen LogP contribution in [0.5, 0.6) is 0 Å². The van der Waals surface area contributed by atoms with Crippen molar-refractivity contribution < 1.29 is 8.78 Å². The second kappa shape index (κ2) is 6.78. The van der Waals surface area contributed by atoms with E-state index in [4.69, 9.17) is 0 Å². The third-order valence-corrected chi connectivity index (χ3v) is 4.35. The van der Waals surface area contributed by atoms with Crippen LogP contribution < -0.4 is 5.32 Å². The Labute approximate surface area is 130 Å². The Hall–Kier alpha value is -0.780. The quantitative estimate of drug-likeness (QED) is 0.774. The van der Waals surface area contributed by atoms with E-state index in [-0.39, 0.29) is 5.56 Å². The molecule has 0 spiro atoms. The molecule has 2 rings (SSSR count). The Balaban J connectivity index is 2.46. The Kier molecular flexibility index (Phi) is 5.29. The molecule has 0 aliphatic rings. The van der Waals surface area contributed by atoms with Gasteiger partial charge in [0.1, 0.15) is 11.6 Å². The number of hydrogen-bond acceptors (Lipinski definition) is 2. The van der Waals surface area contributed by atoms with E-state index >= 15 is 0 Å². The fourth-order valence-corrected chi connectivity index (χ4v) is 3.25. The van der Waals surface area contributed by atoms with Gasteiger partial charge < -0.3 is 5.32 Å². The molecule has 1 N–H and O–H groups in total. The molecule has 0 aliphatic carbocycles. The van der Waals surface area contributed by atoms with Crippen molar-refractivity contribution in [3.05, 3.63) is 55.7 Å². The summed E-state index contributed by atoms with van der Waals surface area (Å²) in [6, 6.07) is 4.13. The highest BCUT2D eigenvalue weighted by atomic mass is 79.9. The third-order valence-electron chi connectivity index (χ3n) is 3.02. The third kappa shape index (κ3) is 3.45. The van der Waals surface area contributed by atoms with Crippen LogP contribution in [0, 0.1) is 18.6 Å². The molecule has 0 aliphatic heterocycles. The van der Waals surface area contributed by atoms with E-state index in [9.17, 15) is 8.78 Å². The Morgan fingerprint density at radius 1 is 1.25 bits per heavy atom. The average molecular weight is 360 g/mol. The lowest BCUT2D eigenvalue weighted by Crippen LogP contribution is -2.24. The first-order valence-electron chi connectivity index (χ1n) is 6.45. The zero-order valence-corrected chi connectivity index (χ0v) is 13.7.